The highest BCUT2D eigenvalue weighted by molar-refractivity contribution is 8.03. The molecule has 7 heteroatoms. The number of benzene rings is 1. The number of hydrogen-bond donors (Lipinski definition) is 2. The third kappa shape index (κ3) is 4.13. The van der Waals surface area contributed by atoms with E-state index in [1.54, 1.807) is 12.1 Å². The number of nitrogens with one attached hydrogen (secondary N) is 1. The molecule has 0 radical (unpaired) electrons. The van der Waals surface area contributed by atoms with Gasteiger partial charge in [-0.2, -0.15) is 0 Å². The second-order valence-corrected chi connectivity index (χ2v) is 10.4. The van der Waals surface area contributed by atoms with E-state index in [0.717, 1.165) is 47.8 Å². The Morgan fingerprint density at radius 3 is 2.79 bits per heavy atom. The molecule has 1 saturated carbocycles. The van der Waals surface area contributed by atoms with E-state index < -0.39 is 0 Å². The number of thioether (sulfide) groups is 1. The molecule has 34 heavy (non-hydrogen) atoms. The lowest BCUT2D eigenvalue weighted by atomic mass is 9.95. The molecule has 6 rings (SSSR count). The monoisotopic (exact) mass is 471 g/mol. The Labute approximate surface area is 203 Å². The molecule has 2 N–H and O–H groups in total. The van der Waals surface area contributed by atoms with Gasteiger partial charge in [-0.3, -0.25) is 0 Å². The Morgan fingerprint density at radius 2 is 1.94 bits per heavy atom. The lowest BCUT2D eigenvalue weighted by molar-refractivity contribution is 0.358. The first-order chi connectivity index (χ1) is 16.8. The quantitative estimate of drug-likeness (QED) is 0.457. The van der Waals surface area contributed by atoms with Crippen LogP contribution in [0.3, 0.4) is 0 Å². The molecule has 0 saturated heterocycles. The molecule has 1 atom stereocenters. The number of anilines is 1. The van der Waals surface area contributed by atoms with Gasteiger partial charge in [0.1, 0.15) is 11.3 Å². The molecule has 1 fully saturated rings. The highest BCUT2D eigenvalue weighted by Gasteiger charge is 2.29. The Hall–Kier alpha value is -3.06. The Morgan fingerprint density at radius 1 is 1.09 bits per heavy atom. The number of aromatic hydroxyl groups is 1. The maximum Gasteiger partial charge on any atom is 0.166 e. The van der Waals surface area contributed by atoms with Crippen LogP contribution < -0.4 is 5.32 Å². The molecule has 1 aromatic carbocycles. The van der Waals surface area contributed by atoms with E-state index >= 15 is 0 Å². The fourth-order valence-corrected chi connectivity index (χ4v) is 6.29. The minimum atomic E-state index is 0.292. The van der Waals surface area contributed by atoms with Crippen LogP contribution in [0.1, 0.15) is 56.0 Å². The molecule has 1 unspecified atom stereocenters. The van der Waals surface area contributed by atoms with E-state index in [-0.39, 0.29) is 0 Å². The molecule has 1 aliphatic heterocycles. The first kappa shape index (κ1) is 21.5. The molecule has 3 aliphatic rings. The van der Waals surface area contributed by atoms with Gasteiger partial charge in [0, 0.05) is 23.4 Å². The highest BCUT2D eigenvalue weighted by atomic mass is 32.2. The fourth-order valence-electron chi connectivity index (χ4n) is 5.17. The number of rotatable bonds is 6. The molecule has 0 bridgehead atoms. The standard InChI is InChI=1S/C27H29N5OS/c33-20-12-10-18(11-13-20)14-15-28-26-24-27(32(17-29-24)19-6-2-1-3-7-19)31-25(30-26)22-16-34-23-9-5-4-8-21(22)23/h4-5,8,10-13,16-17,19,23,33H,1-3,6-7,9,14-15H2,(H,28,30,31). The molecule has 0 amide bonds. The van der Waals surface area contributed by atoms with E-state index in [4.69, 9.17) is 15.0 Å². The molecular formula is C27H29N5OS. The van der Waals surface area contributed by atoms with Crippen molar-refractivity contribution in [1.29, 1.82) is 0 Å². The number of nitrogens with zero attached hydrogens (tertiary/aromatic N) is 4. The van der Waals surface area contributed by atoms with Gasteiger partial charge in [-0.1, -0.05) is 49.6 Å². The van der Waals surface area contributed by atoms with Crippen LogP contribution in [0.15, 0.2) is 59.8 Å². The first-order valence-corrected chi connectivity index (χ1v) is 13.2. The smallest absolute Gasteiger partial charge is 0.166 e. The highest BCUT2D eigenvalue weighted by Crippen LogP contribution is 2.43. The number of phenolic OH excluding ortho intramolecular Hbond substituents is 1. The van der Waals surface area contributed by atoms with Crippen LogP contribution in [0, 0.1) is 0 Å². The van der Waals surface area contributed by atoms with Gasteiger partial charge in [-0.25, -0.2) is 15.0 Å². The SMILES string of the molecule is Oc1ccc(CCNc2nc(C3=CSC4CC=CC=C34)nc3c2ncn3C2CCCCC2)cc1. The third-order valence-corrected chi connectivity index (χ3v) is 8.19. The van der Waals surface area contributed by atoms with Crippen LogP contribution in [-0.2, 0) is 6.42 Å². The number of hydrogen-bond acceptors (Lipinski definition) is 6. The van der Waals surface area contributed by atoms with Gasteiger partial charge >= 0.3 is 0 Å². The average Bonchev–Trinajstić information content (AvgIpc) is 3.50. The summed E-state index contributed by atoms with van der Waals surface area (Å²) in [7, 11) is 0. The fraction of sp³-hybridized carbons (Fsp3) is 0.370. The minimum Gasteiger partial charge on any atom is -0.508 e. The summed E-state index contributed by atoms with van der Waals surface area (Å²) in [6.45, 7) is 0.731. The number of imidazole rings is 1. The molecule has 2 aliphatic carbocycles. The summed E-state index contributed by atoms with van der Waals surface area (Å²) in [4.78, 5) is 14.9. The second-order valence-electron chi connectivity index (χ2n) is 9.30. The summed E-state index contributed by atoms with van der Waals surface area (Å²) in [5.41, 5.74) is 5.41. The summed E-state index contributed by atoms with van der Waals surface area (Å²) < 4.78 is 2.29. The zero-order valence-electron chi connectivity index (χ0n) is 19.2. The van der Waals surface area contributed by atoms with Crippen molar-refractivity contribution in [1.82, 2.24) is 19.5 Å². The number of allylic oxidation sites excluding steroid dienone is 4. The molecular weight excluding hydrogens is 442 g/mol. The van der Waals surface area contributed by atoms with Gasteiger partial charge in [0.05, 0.1) is 6.33 Å². The maximum absolute atomic E-state index is 9.55. The molecule has 0 spiro atoms. The van der Waals surface area contributed by atoms with Crippen LogP contribution in [0.4, 0.5) is 5.82 Å². The summed E-state index contributed by atoms with van der Waals surface area (Å²) in [6, 6.07) is 7.84. The predicted molar refractivity (Wildman–Crippen MR) is 139 cm³/mol. The van der Waals surface area contributed by atoms with Crippen molar-refractivity contribution >= 4 is 34.3 Å². The predicted octanol–water partition coefficient (Wildman–Crippen LogP) is 6.03. The van der Waals surface area contributed by atoms with Crippen LogP contribution >= 0.6 is 11.8 Å². The van der Waals surface area contributed by atoms with Crippen LogP contribution in [0.25, 0.3) is 16.7 Å². The van der Waals surface area contributed by atoms with E-state index in [1.165, 1.54) is 43.2 Å². The van der Waals surface area contributed by atoms with Crippen molar-refractivity contribution in [2.75, 3.05) is 11.9 Å². The molecule has 174 valence electrons. The van der Waals surface area contributed by atoms with E-state index in [2.05, 4.69) is 33.5 Å². The van der Waals surface area contributed by atoms with E-state index in [1.807, 2.05) is 30.2 Å². The zero-order valence-corrected chi connectivity index (χ0v) is 20.0. The Balaban J connectivity index is 1.35. The van der Waals surface area contributed by atoms with Crippen molar-refractivity contribution in [2.45, 2.75) is 56.2 Å². The number of fused-ring (bicyclic) bond motifs is 2. The Bertz CT molecular complexity index is 1280. The van der Waals surface area contributed by atoms with Crippen LogP contribution in [-0.4, -0.2) is 36.4 Å². The zero-order chi connectivity index (χ0) is 22.9. The van der Waals surface area contributed by atoms with Gasteiger partial charge in [0.25, 0.3) is 0 Å². The van der Waals surface area contributed by atoms with Crippen molar-refractivity contribution in [3.63, 3.8) is 0 Å². The summed E-state index contributed by atoms with van der Waals surface area (Å²) in [6.07, 6.45) is 16.7. The lowest BCUT2D eigenvalue weighted by Crippen LogP contribution is -2.14. The minimum absolute atomic E-state index is 0.292. The molecule has 3 aromatic rings. The number of aromatic nitrogens is 4. The topological polar surface area (TPSA) is 75.9 Å². The van der Waals surface area contributed by atoms with E-state index in [0.29, 0.717) is 17.0 Å². The van der Waals surface area contributed by atoms with Gasteiger partial charge in [-0.15, -0.1) is 11.8 Å². The van der Waals surface area contributed by atoms with Crippen molar-refractivity contribution in [3.05, 3.63) is 71.2 Å². The summed E-state index contributed by atoms with van der Waals surface area (Å²) in [5, 5.41) is 15.8. The first-order valence-electron chi connectivity index (χ1n) is 12.3. The average molecular weight is 472 g/mol. The summed E-state index contributed by atoms with van der Waals surface area (Å²) >= 11 is 1.87. The normalized spacial score (nSPS) is 20.3. The third-order valence-electron chi connectivity index (χ3n) is 7.04. The van der Waals surface area contributed by atoms with Crippen molar-refractivity contribution in [2.24, 2.45) is 0 Å². The maximum atomic E-state index is 9.55. The van der Waals surface area contributed by atoms with Gasteiger partial charge < -0.3 is 15.0 Å². The van der Waals surface area contributed by atoms with Gasteiger partial charge in [-0.05, 0) is 54.4 Å². The number of phenols is 1. The largest absolute Gasteiger partial charge is 0.508 e. The molecule has 2 aromatic heterocycles. The summed E-state index contributed by atoms with van der Waals surface area (Å²) in [5.74, 6) is 1.88. The Kier molecular flexibility index (Phi) is 5.87. The van der Waals surface area contributed by atoms with Crippen LogP contribution in [0.2, 0.25) is 0 Å². The van der Waals surface area contributed by atoms with Crippen LogP contribution in [0.5, 0.6) is 5.75 Å². The van der Waals surface area contributed by atoms with Gasteiger partial charge in [0.2, 0.25) is 0 Å². The van der Waals surface area contributed by atoms with Crippen molar-refractivity contribution in [3.8, 4) is 5.75 Å². The van der Waals surface area contributed by atoms with Crippen molar-refractivity contribution < 1.29 is 5.11 Å². The molecule has 3 heterocycles. The van der Waals surface area contributed by atoms with Gasteiger partial charge in [0.15, 0.2) is 17.3 Å². The molecule has 6 nitrogen and oxygen atoms in total. The lowest BCUT2D eigenvalue weighted by Gasteiger charge is -2.23. The second kappa shape index (κ2) is 9.29. The van der Waals surface area contributed by atoms with E-state index in [9.17, 15) is 5.11 Å².